The molecule has 18 heavy (non-hydrogen) atoms. The number of hydrogen-bond donors (Lipinski definition) is 2. The van der Waals surface area contributed by atoms with Gasteiger partial charge in [-0.25, -0.2) is 13.1 Å². The first-order valence-electron chi connectivity index (χ1n) is 5.06. The summed E-state index contributed by atoms with van der Waals surface area (Å²) in [6, 6.07) is 2.99. The van der Waals surface area contributed by atoms with Crippen molar-refractivity contribution in [1.82, 2.24) is 4.72 Å². The van der Waals surface area contributed by atoms with E-state index in [-0.39, 0.29) is 6.54 Å². The molecule has 0 radical (unpaired) electrons. The maximum Gasteiger partial charge on any atom is 0.416 e. The molecular weight excluding hydrogens is 269 g/mol. The molecule has 4 nitrogen and oxygen atoms in total. The molecule has 0 saturated carbocycles. The second-order valence-electron chi connectivity index (χ2n) is 3.78. The van der Waals surface area contributed by atoms with E-state index in [4.69, 9.17) is 5.73 Å². The van der Waals surface area contributed by atoms with Crippen molar-refractivity contribution in [3.63, 3.8) is 0 Å². The molecule has 1 atom stereocenters. The van der Waals surface area contributed by atoms with Gasteiger partial charge in [-0.3, -0.25) is 0 Å². The van der Waals surface area contributed by atoms with Gasteiger partial charge in [-0.1, -0.05) is 6.07 Å². The Kier molecular flexibility index (Phi) is 4.36. The molecule has 3 N–H and O–H groups in total. The lowest BCUT2D eigenvalue weighted by molar-refractivity contribution is -0.137. The molecule has 0 bridgehead atoms. The van der Waals surface area contributed by atoms with E-state index < -0.39 is 32.7 Å². The Labute approximate surface area is 103 Å². The molecule has 102 valence electrons. The fourth-order valence-corrected chi connectivity index (χ4v) is 2.52. The lowest BCUT2D eigenvalue weighted by Gasteiger charge is -2.13. The molecular formula is C10H13F3N2O2S. The molecule has 0 fully saturated rings. The molecule has 0 amide bonds. The summed E-state index contributed by atoms with van der Waals surface area (Å²) in [4.78, 5) is -0.433. The van der Waals surface area contributed by atoms with E-state index in [1.54, 1.807) is 0 Å². The van der Waals surface area contributed by atoms with Gasteiger partial charge in [0.05, 0.1) is 10.5 Å². The first kappa shape index (κ1) is 14.9. The second-order valence-corrected chi connectivity index (χ2v) is 5.50. The van der Waals surface area contributed by atoms with Gasteiger partial charge in [0.1, 0.15) is 0 Å². The molecule has 0 saturated heterocycles. The average molecular weight is 282 g/mol. The van der Waals surface area contributed by atoms with Crippen LogP contribution in [-0.2, 0) is 16.2 Å². The number of nitrogens with two attached hydrogens (primary N) is 1. The first-order chi connectivity index (χ1) is 8.16. The Bertz CT molecular complexity index is 514. The number of rotatable bonds is 4. The molecule has 1 aromatic carbocycles. The summed E-state index contributed by atoms with van der Waals surface area (Å²) >= 11 is 0. The van der Waals surface area contributed by atoms with E-state index in [0.29, 0.717) is 6.07 Å². The topological polar surface area (TPSA) is 72.2 Å². The van der Waals surface area contributed by atoms with Gasteiger partial charge in [0.2, 0.25) is 10.0 Å². The van der Waals surface area contributed by atoms with Crippen molar-refractivity contribution in [2.45, 2.75) is 24.0 Å². The fourth-order valence-electron chi connectivity index (χ4n) is 1.22. The summed E-state index contributed by atoms with van der Waals surface area (Å²) in [6.45, 7) is 1.57. The van der Waals surface area contributed by atoms with E-state index in [0.717, 1.165) is 18.2 Å². The Morgan fingerprint density at radius 2 is 2.00 bits per heavy atom. The SMILES string of the molecule is CC(CN)NS(=O)(=O)c1cccc(C(F)(F)F)c1. The van der Waals surface area contributed by atoms with Gasteiger partial charge in [-0.05, 0) is 25.1 Å². The minimum Gasteiger partial charge on any atom is -0.329 e. The summed E-state index contributed by atoms with van der Waals surface area (Å²) in [7, 11) is -3.98. The standard InChI is InChI=1S/C10H13F3N2O2S/c1-7(6-14)15-18(16,17)9-4-2-3-8(5-9)10(11,12)13/h2-5,7,15H,6,14H2,1H3. The van der Waals surface area contributed by atoms with E-state index in [9.17, 15) is 21.6 Å². The fraction of sp³-hybridized carbons (Fsp3) is 0.400. The maximum atomic E-state index is 12.4. The van der Waals surface area contributed by atoms with Gasteiger partial charge in [0.15, 0.2) is 0 Å². The Morgan fingerprint density at radius 3 is 2.50 bits per heavy atom. The monoisotopic (exact) mass is 282 g/mol. The third kappa shape index (κ3) is 3.69. The lowest BCUT2D eigenvalue weighted by Crippen LogP contribution is -2.37. The zero-order valence-corrected chi connectivity index (χ0v) is 10.3. The van der Waals surface area contributed by atoms with Crippen LogP contribution in [0.1, 0.15) is 12.5 Å². The summed E-state index contributed by atoms with van der Waals surface area (Å²) in [6.07, 6.45) is -4.58. The number of hydrogen-bond acceptors (Lipinski definition) is 3. The third-order valence-corrected chi connectivity index (χ3v) is 3.77. The molecule has 0 spiro atoms. The molecule has 0 heterocycles. The van der Waals surface area contributed by atoms with Gasteiger partial charge >= 0.3 is 6.18 Å². The van der Waals surface area contributed by atoms with Crippen LogP contribution in [0.4, 0.5) is 13.2 Å². The lowest BCUT2D eigenvalue weighted by atomic mass is 10.2. The zero-order valence-electron chi connectivity index (χ0n) is 9.53. The Morgan fingerprint density at radius 1 is 1.39 bits per heavy atom. The maximum absolute atomic E-state index is 12.4. The van der Waals surface area contributed by atoms with Gasteiger partial charge in [-0.2, -0.15) is 13.2 Å². The second kappa shape index (κ2) is 5.25. The highest BCUT2D eigenvalue weighted by molar-refractivity contribution is 7.89. The van der Waals surface area contributed by atoms with Crippen molar-refractivity contribution in [2.24, 2.45) is 5.73 Å². The predicted octanol–water partition coefficient (Wildman–Crippen LogP) is 1.33. The molecule has 0 aliphatic rings. The minimum atomic E-state index is -4.58. The summed E-state index contributed by atoms with van der Waals surface area (Å²) in [5.74, 6) is 0. The van der Waals surface area contributed by atoms with E-state index in [2.05, 4.69) is 4.72 Å². The van der Waals surface area contributed by atoms with Gasteiger partial charge in [-0.15, -0.1) is 0 Å². The van der Waals surface area contributed by atoms with Crippen LogP contribution >= 0.6 is 0 Å². The normalized spacial score (nSPS) is 14.5. The van der Waals surface area contributed by atoms with E-state index >= 15 is 0 Å². The average Bonchev–Trinajstić information content (AvgIpc) is 2.27. The van der Waals surface area contributed by atoms with Crippen molar-refractivity contribution in [3.8, 4) is 0 Å². The molecule has 0 aliphatic heterocycles. The number of alkyl halides is 3. The predicted molar refractivity (Wildman–Crippen MR) is 60.3 cm³/mol. The van der Waals surface area contributed by atoms with Crippen molar-refractivity contribution in [3.05, 3.63) is 29.8 Å². The molecule has 1 rings (SSSR count). The summed E-state index contributed by atoms with van der Waals surface area (Å²) < 4.78 is 63.0. The van der Waals surface area contributed by atoms with Gasteiger partial charge < -0.3 is 5.73 Å². The van der Waals surface area contributed by atoms with Crippen LogP contribution in [0, 0.1) is 0 Å². The van der Waals surface area contributed by atoms with Crippen molar-refractivity contribution in [2.75, 3.05) is 6.54 Å². The highest BCUT2D eigenvalue weighted by Gasteiger charge is 2.31. The van der Waals surface area contributed by atoms with Crippen molar-refractivity contribution in [1.29, 1.82) is 0 Å². The van der Waals surface area contributed by atoms with E-state index in [1.807, 2.05) is 0 Å². The zero-order chi connectivity index (χ0) is 14.0. The molecule has 0 aromatic heterocycles. The van der Waals surface area contributed by atoms with E-state index in [1.165, 1.54) is 6.92 Å². The third-order valence-electron chi connectivity index (χ3n) is 2.18. The van der Waals surface area contributed by atoms with Gasteiger partial charge in [0, 0.05) is 12.6 Å². The number of nitrogens with one attached hydrogen (secondary N) is 1. The van der Waals surface area contributed by atoms with Crippen LogP contribution in [0.15, 0.2) is 29.2 Å². The molecule has 1 aromatic rings. The Balaban J connectivity index is 3.11. The molecule has 8 heteroatoms. The van der Waals surface area contributed by atoms with Crippen LogP contribution < -0.4 is 10.5 Å². The van der Waals surface area contributed by atoms with Crippen molar-refractivity contribution >= 4 is 10.0 Å². The van der Waals surface area contributed by atoms with Crippen LogP contribution in [0.2, 0.25) is 0 Å². The number of benzene rings is 1. The largest absolute Gasteiger partial charge is 0.416 e. The van der Waals surface area contributed by atoms with Crippen molar-refractivity contribution < 1.29 is 21.6 Å². The summed E-state index contributed by atoms with van der Waals surface area (Å²) in [5, 5.41) is 0. The van der Waals surface area contributed by atoms with Gasteiger partial charge in [0.25, 0.3) is 0 Å². The van der Waals surface area contributed by atoms with Crippen LogP contribution in [-0.4, -0.2) is 21.0 Å². The van der Waals surface area contributed by atoms with Crippen LogP contribution in [0.3, 0.4) is 0 Å². The van der Waals surface area contributed by atoms with Crippen LogP contribution in [0.5, 0.6) is 0 Å². The number of sulfonamides is 1. The van der Waals surface area contributed by atoms with Crippen LogP contribution in [0.25, 0.3) is 0 Å². The number of halogens is 3. The molecule has 1 unspecified atom stereocenters. The first-order valence-corrected chi connectivity index (χ1v) is 6.55. The highest BCUT2D eigenvalue weighted by Crippen LogP contribution is 2.30. The Hall–Kier alpha value is -1.12. The highest BCUT2D eigenvalue weighted by atomic mass is 32.2. The minimum absolute atomic E-state index is 0.0538. The summed E-state index contributed by atoms with van der Waals surface area (Å²) in [5.41, 5.74) is 4.24. The quantitative estimate of drug-likeness (QED) is 0.875. The molecule has 0 aliphatic carbocycles. The smallest absolute Gasteiger partial charge is 0.329 e.